The summed E-state index contributed by atoms with van der Waals surface area (Å²) in [4.78, 5) is 14.4. The highest BCUT2D eigenvalue weighted by atomic mass is 15.2. The molecule has 0 aliphatic rings. The summed E-state index contributed by atoms with van der Waals surface area (Å²) in [5.74, 6) is 1.83. The van der Waals surface area contributed by atoms with Crippen molar-refractivity contribution in [1.29, 1.82) is 0 Å². The first-order valence-corrected chi connectivity index (χ1v) is 6.25. The molecule has 2 aromatic rings. The minimum Gasteiger partial charge on any atom is -0.363 e. The van der Waals surface area contributed by atoms with Crippen molar-refractivity contribution in [3.05, 3.63) is 18.0 Å². The Hall–Kier alpha value is -1.62. The van der Waals surface area contributed by atoms with E-state index in [4.69, 9.17) is 5.73 Å². The molecule has 1 unspecified atom stereocenters. The lowest BCUT2D eigenvalue weighted by molar-refractivity contribution is 0.443. The third kappa shape index (κ3) is 2.06. The van der Waals surface area contributed by atoms with E-state index in [9.17, 15) is 0 Å². The lowest BCUT2D eigenvalue weighted by atomic mass is 9.87. The van der Waals surface area contributed by atoms with Gasteiger partial charge in [-0.1, -0.05) is 13.8 Å². The number of anilines is 1. The van der Waals surface area contributed by atoms with Gasteiger partial charge in [-0.3, -0.25) is 0 Å². The normalized spacial score (nSPS) is 14.7. The van der Waals surface area contributed by atoms with Gasteiger partial charge >= 0.3 is 0 Å². The van der Waals surface area contributed by atoms with Crippen LogP contribution in [0.15, 0.2) is 12.1 Å². The molecule has 0 aliphatic heterocycles. The number of nitrogens with two attached hydrogens (primary N) is 1. The van der Waals surface area contributed by atoms with Crippen LogP contribution in [0.4, 0.5) is 5.82 Å². The zero-order chi connectivity index (χ0) is 13.3. The van der Waals surface area contributed by atoms with Crippen molar-refractivity contribution < 1.29 is 0 Å². The van der Waals surface area contributed by atoms with Crippen LogP contribution >= 0.6 is 0 Å². The Morgan fingerprint density at radius 2 is 2.06 bits per heavy atom. The first-order valence-electron chi connectivity index (χ1n) is 6.25. The molecule has 5 nitrogen and oxygen atoms in total. The fourth-order valence-electron chi connectivity index (χ4n) is 1.83. The molecule has 0 saturated heterocycles. The number of aromatic nitrogens is 3. The second-order valence-corrected chi connectivity index (χ2v) is 5.14. The van der Waals surface area contributed by atoms with Crippen LogP contribution < -0.4 is 10.6 Å². The third-order valence-corrected chi connectivity index (χ3v) is 3.59. The highest BCUT2D eigenvalue weighted by molar-refractivity contribution is 5.73. The minimum absolute atomic E-state index is 0.112. The van der Waals surface area contributed by atoms with Crippen molar-refractivity contribution in [2.45, 2.75) is 25.7 Å². The average Bonchev–Trinajstić information content (AvgIpc) is 2.80. The fourth-order valence-corrected chi connectivity index (χ4v) is 1.83. The third-order valence-electron chi connectivity index (χ3n) is 3.59. The predicted molar refractivity (Wildman–Crippen MR) is 74.9 cm³/mol. The summed E-state index contributed by atoms with van der Waals surface area (Å²) in [5, 5.41) is 0. The van der Waals surface area contributed by atoms with E-state index in [0.29, 0.717) is 6.54 Å². The van der Waals surface area contributed by atoms with Gasteiger partial charge < -0.3 is 15.6 Å². The van der Waals surface area contributed by atoms with Gasteiger partial charge in [0.05, 0.1) is 5.52 Å². The fraction of sp³-hybridized carbons (Fsp3) is 0.538. The number of hydrogen-bond acceptors (Lipinski definition) is 4. The number of nitrogens with zero attached hydrogens (tertiary/aromatic N) is 3. The lowest BCUT2D eigenvalue weighted by Crippen LogP contribution is -2.32. The van der Waals surface area contributed by atoms with Crippen LogP contribution in [0.2, 0.25) is 0 Å². The van der Waals surface area contributed by atoms with Gasteiger partial charge in [0.15, 0.2) is 5.65 Å². The molecule has 0 amide bonds. The maximum atomic E-state index is 5.86. The standard InChI is InChI=1S/C13H21N5/c1-5-13(2,8-14)12-15-9-6-7-10(18(3)4)16-11(9)17-12/h6-7H,5,8,14H2,1-4H3,(H,15,16,17). The summed E-state index contributed by atoms with van der Waals surface area (Å²) in [6.07, 6.45) is 0.948. The van der Waals surface area contributed by atoms with Gasteiger partial charge in [0.1, 0.15) is 11.6 Å². The molecule has 0 saturated carbocycles. The van der Waals surface area contributed by atoms with Gasteiger partial charge in [0.2, 0.25) is 0 Å². The monoisotopic (exact) mass is 247 g/mol. The van der Waals surface area contributed by atoms with Crippen LogP contribution in [0.1, 0.15) is 26.1 Å². The zero-order valence-corrected chi connectivity index (χ0v) is 11.5. The smallest absolute Gasteiger partial charge is 0.179 e. The van der Waals surface area contributed by atoms with E-state index in [1.54, 1.807) is 0 Å². The molecule has 0 aromatic carbocycles. The lowest BCUT2D eigenvalue weighted by Gasteiger charge is -2.23. The molecule has 2 rings (SSSR count). The van der Waals surface area contributed by atoms with E-state index < -0.39 is 0 Å². The molecule has 0 fully saturated rings. The van der Waals surface area contributed by atoms with Crippen LogP contribution in [0.25, 0.3) is 11.2 Å². The predicted octanol–water partition coefficient (Wildman–Crippen LogP) is 1.65. The van der Waals surface area contributed by atoms with Crippen LogP contribution in [0.3, 0.4) is 0 Å². The summed E-state index contributed by atoms with van der Waals surface area (Å²) >= 11 is 0. The highest BCUT2D eigenvalue weighted by Crippen LogP contribution is 2.26. The number of nitrogens with one attached hydrogen (secondary N) is 1. The summed E-state index contributed by atoms with van der Waals surface area (Å²) in [5.41, 5.74) is 7.46. The summed E-state index contributed by atoms with van der Waals surface area (Å²) in [6, 6.07) is 4.00. The molecule has 5 heteroatoms. The van der Waals surface area contributed by atoms with Gasteiger partial charge in [-0.05, 0) is 18.6 Å². The molecule has 0 radical (unpaired) electrons. The van der Waals surface area contributed by atoms with E-state index >= 15 is 0 Å². The maximum absolute atomic E-state index is 5.86. The number of H-pyrrole nitrogens is 1. The second-order valence-electron chi connectivity index (χ2n) is 5.14. The molecule has 98 valence electrons. The Morgan fingerprint density at radius 3 is 2.61 bits per heavy atom. The van der Waals surface area contributed by atoms with Gasteiger partial charge in [-0.2, -0.15) is 0 Å². The van der Waals surface area contributed by atoms with Crippen molar-refractivity contribution in [1.82, 2.24) is 15.0 Å². The van der Waals surface area contributed by atoms with Gasteiger partial charge in [-0.25, -0.2) is 9.97 Å². The number of aromatic amines is 1. The van der Waals surface area contributed by atoms with Crippen LogP contribution in [-0.4, -0.2) is 35.6 Å². The molecule has 18 heavy (non-hydrogen) atoms. The molecule has 0 aliphatic carbocycles. The Morgan fingerprint density at radius 1 is 1.33 bits per heavy atom. The van der Waals surface area contributed by atoms with Crippen LogP contribution in [-0.2, 0) is 5.41 Å². The molecular formula is C13H21N5. The number of fused-ring (bicyclic) bond motifs is 1. The SMILES string of the molecule is CCC(C)(CN)c1nc2nc(N(C)C)ccc2[nH]1. The zero-order valence-electron chi connectivity index (χ0n) is 11.5. The minimum atomic E-state index is -0.112. The first-order chi connectivity index (χ1) is 8.50. The molecule has 2 heterocycles. The average molecular weight is 247 g/mol. The second kappa shape index (κ2) is 4.57. The van der Waals surface area contributed by atoms with E-state index in [1.807, 2.05) is 31.1 Å². The van der Waals surface area contributed by atoms with Crippen LogP contribution in [0, 0.1) is 0 Å². The molecular weight excluding hydrogens is 226 g/mol. The number of rotatable bonds is 4. The summed E-state index contributed by atoms with van der Waals surface area (Å²) in [7, 11) is 3.94. The van der Waals surface area contributed by atoms with Crippen molar-refractivity contribution in [2.75, 3.05) is 25.5 Å². The molecule has 0 bridgehead atoms. The van der Waals surface area contributed by atoms with Crippen molar-refractivity contribution in [3.63, 3.8) is 0 Å². The Labute approximate surface area is 107 Å². The van der Waals surface area contributed by atoms with Crippen molar-refractivity contribution in [2.24, 2.45) is 5.73 Å². The Bertz CT molecular complexity index is 539. The Balaban J connectivity index is 2.50. The number of pyridine rings is 1. The molecule has 3 N–H and O–H groups in total. The highest BCUT2D eigenvalue weighted by Gasteiger charge is 2.26. The number of hydrogen-bond donors (Lipinski definition) is 2. The van der Waals surface area contributed by atoms with Gasteiger partial charge in [0.25, 0.3) is 0 Å². The maximum Gasteiger partial charge on any atom is 0.179 e. The quantitative estimate of drug-likeness (QED) is 0.862. The first kappa shape index (κ1) is 12.8. The van der Waals surface area contributed by atoms with E-state index in [-0.39, 0.29) is 5.41 Å². The topological polar surface area (TPSA) is 70.8 Å². The van der Waals surface area contributed by atoms with Gasteiger partial charge in [-0.15, -0.1) is 0 Å². The van der Waals surface area contributed by atoms with E-state index in [2.05, 4.69) is 28.8 Å². The van der Waals surface area contributed by atoms with Crippen molar-refractivity contribution >= 4 is 17.0 Å². The largest absolute Gasteiger partial charge is 0.363 e. The summed E-state index contributed by atoms with van der Waals surface area (Å²) < 4.78 is 0. The molecule has 2 aromatic heterocycles. The summed E-state index contributed by atoms with van der Waals surface area (Å²) in [6.45, 7) is 4.82. The van der Waals surface area contributed by atoms with Gasteiger partial charge in [0, 0.05) is 26.1 Å². The molecule has 1 atom stereocenters. The van der Waals surface area contributed by atoms with E-state index in [0.717, 1.165) is 29.2 Å². The number of imidazole rings is 1. The van der Waals surface area contributed by atoms with Crippen molar-refractivity contribution in [3.8, 4) is 0 Å². The Kier molecular flexibility index (Phi) is 3.26. The van der Waals surface area contributed by atoms with E-state index in [1.165, 1.54) is 0 Å². The molecule has 0 spiro atoms. The van der Waals surface area contributed by atoms with Crippen LogP contribution in [0.5, 0.6) is 0 Å².